The molecule has 190 valence electrons. The quantitative estimate of drug-likeness (QED) is 0.623. The molecule has 1 aromatic carbocycles. The number of hydrogen-bond acceptors (Lipinski definition) is 6. The largest absolute Gasteiger partial charge is 0.472 e. The number of fused-ring (bicyclic) bond motifs is 1. The van der Waals surface area contributed by atoms with Gasteiger partial charge in [-0.2, -0.15) is 0 Å². The zero-order chi connectivity index (χ0) is 25.7. The number of carbonyl (C=O) groups excluding carboxylic acids is 2. The van der Waals surface area contributed by atoms with Gasteiger partial charge in [-0.3, -0.25) is 9.59 Å². The zero-order valence-electron chi connectivity index (χ0n) is 21.7. The minimum Gasteiger partial charge on any atom is -0.472 e. The Morgan fingerprint density at radius 3 is 2.66 bits per heavy atom. The van der Waals surface area contributed by atoms with Crippen LogP contribution in [-0.4, -0.2) is 96.1 Å². The van der Waals surface area contributed by atoms with E-state index in [0.717, 1.165) is 24.1 Å². The van der Waals surface area contributed by atoms with Crippen LogP contribution in [0.4, 0.5) is 0 Å². The van der Waals surface area contributed by atoms with Gasteiger partial charge in [-0.15, -0.1) is 0 Å². The van der Waals surface area contributed by atoms with Gasteiger partial charge in [0.05, 0.1) is 12.6 Å². The van der Waals surface area contributed by atoms with Crippen molar-refractivity contribution in [3.8, 4) is 17.0 Å². The predicted molar refractivity (Wildman–Crippen MR) is 137 cm³/mol. The summed E-state index contributed by atoms with van der Waals surface area (Å²) in [6.45, 7) is 8.06. The Hall–Kier alpha value is -2.97. The van der Waals surface area contributed by atoms with E-state index in [0.29, 0.717) is 30.1 Å². The molecular weight excluding hydrogens is 444 g/mol. The van der Waals surface area contributed by atoms with Gasteiger partial charge in [0.2, 0.25) is 5.88 Å². The van der Waals surface area contributed by atoms with Crippen molar-refractivity contribution < 1.29 is 19.4 Å². The van der Waals surface area contributed by atoms with Crippen LogP contribution in [0.3, 0.4) is 0 Å². The Kier molecular flexibility index (Phi) is 8.86. The first-order valence-electron chi connectivity index (χ1n) is 12.2. The van der Waals surface area contributed by atoms with E-state index in [1.165, 1.54) is 4.90 Å². The lowest BCUT2D eigenvalue weighted by Crippen LogP contribution is -2.50. The Balaban J connectivity index is 2.04. The van der Waals surface area contributed by atoms with Crippen LogP contribution >= 0.6 is 0 Å². The van der Waals surface area contributed by atoms with Crippen molar-refractivity contribution in [2.24, 2.45) is 5.92 Å². The van der Waals surface area contributed by atoms with Crippen molar-refractivity contribution in [3.63, 3.8) is 0 Å². The molecule has 0 aliphatic carbocycles. The zero-order valence-corrected chi connectivity index (χ0v) is 21.7. The molecule has 1 aliphatic heterocycles. The molecule has 0 saturated heterocycles. The van der Waals surface area contributed by atoms with Gasteiger partial charge in [0.1, 0.15) is 11.7 Å². The molecule has 2 aromatic rings. The highest BCUT2D eigenvalue weighted by molar-refractivity contribution is 5.98. The number of carbonyl (C=O) groups is 2. The minimum atomic E-state index is -0.338. The van der Waals surface area contributed by atoms with Gasteiger partial charge in [0, 0.05) is 50.4 Å². The van der Waals surface area contributed by atoms with Crippen molar-refractivity contribution in [2.45, 2.75) is 39.3 Å². The lowest BCUT2D eigenvalue weighted by molar-refractivity contribution is 0.0331. The van der Waals surface area contributed by atoms with Crippen molar-refractivity contribution in [1.29, 1.82) is 0 Å². The maximum absolute atomic E-state index is 13.6. The molecule has 1 aliphatic rings. The van der Waals surface area contributed by atoms with E-state index in [1.807, 2.05) is 19.1 Å². The van der Waals surface area contributed by atoms with Gasteiger partial charge in [-0.1, -0.05) is 26.0 Å². The lowest BCUT2D eigenvalue weighted by Gasteiger charge is -2.37. The Bertz CT molecular complexity index is 1040. The van der Waals surface area contributed by atoms with E-state index in [2.05, 4.69) is 30.8 Å². The molecule has 0 fully saturated rings. The molecule has 2 amide bonds. The van der Waals surface area contributed by atoms with E-state index in [9.17, 15) is 14.7 Å². The Labute approximate surface area is 208 Å². The summed E-state index contributed by atoms with van der Waals surface area (Å²) in [6, 6.07) is 8.73. The average molecular weight is 483 g/mol. The first kappa shape index (κ1) is 26.6. The molecule has 3 rings (SSSR count). The Morgan fingerprint density at radius 2 is 2.00 bits per heavy atom. The van der Waals surface area contributed by atoms with E-state index in [4.69, 9.17) is 4.74 Å². The second kappa shape index (κ2) is 11.6. The van der Waals surface area contributed by atoms with Crippen molar-refractivity contribution >= 4 is 11.8 Å². The van der Waals surface area contributed by atoms with E-state index < -0.39 is 0 Å². The lowest BCUT2D eigenvalue weighted by atomic mass is 9.98. The van der Waals surface area contributed by atoms with Crippen LogP contribution in [0.5, 0.6) is 5.88 Å². The molecule has 0 saturated carbocycles. The fourth-order valence-electron chi connectivity index (χ4n) is 4.35. The number of nitrogens with zero attached hydrogens (tertiary/aromatic N) is 4. The number of rotatable bonds is 8. The summed E-state index contributed by atoms with van der Waals surface area (Å²) >= 11 is 0. The van der Waals surface area contributed by atoms with Crippen LogP contribution in [0.2, 0.25) is 0 Å². The van der Waals surface area contributed by atoms with Gasteiger partial charge in [-0.05, 0) is 50.7 Å². The summed E-state index contributed by atoms with van der Waals surface area (Å²) < 4.78 is 6.36. The summed E-state index contributed by atoms with van der Waals surface area (Å²) in [5.74, 6) is 0.0385. The number of benzene rings is 1. The molecule has 0 spiro atoms. The van der Waals surface area contributed by atoms with Gasteiger partial charge in [0.15, 0.2) is 0 Å². The van der Waals surface area contributed by atoms with Crippen LogP contribution in [0.25, 0.3) is 11.1 Å². The van der Waals surface area contributed by atoms with Crippen molar-refractivity contribution in [3.05, 3.63) is 47.7 Å². The van der Waals surface area contributed by atoms with E-state index >= 15 is 0 Å². The van der Waals surface area contributed by atoms with E-state index in [1.54, 1.807) is 43.4 Å². The number of ether oxygens (including phenoxy) is 1. The van der Waals surface area contributed by atoms with Gasteiger partial charge in [0.25, 0.3) is 11.8 Å². The molecule has 0 bridgehead atoms. The molecule has 1 N–H and O–H groups in total. The Morgan fingerprint density at radius 1 is 1.26 bits per heavy atom. The average Bonchev–Trinajstić information content (AvgIpc) is 2.85. The SMILES string of the molecule is CCCN(C)C[C@@H]1Oc2ncc(-c3cccc(C(=O)N(C)C)c3)cc2C(=O)N([C@@H](C)CO)C[C@H]1C. The molecule has 8 nitrogen and oxygen atoms in total. The highest BCUT2D eigenvalue weighted by Gasteiger charge is 2.34. The smallest absolute Gasteiger partial charge is 0.259 e. The van der Waals surface area contributed by atoms with Crippen LogP contribution in [-0.2, 0) is 0 Å². The number of likely N-dealkylation sites (N-methyl/N-ethyl adjacent to an activating group) is 1. The number of aliphatic hydroxyl groups is 1. The standard InChI is InChI=1S/C27H38N4O4/c1-7-11-30(6)16-24-18(2)15-31(19(3)17-32)27(34)23-13-22(14-28-25(23)35-24)20-9-8-10-21(12-20)26(33)29(4)5/h8-10,12-14,18-19,24,32H,7,11,15-17H2,1-6H3/t18-,19+,24+/m1/s1. The van der Waals surface area contributed by atoms with E-state index in [-0.39, 0.29) is 36.5 Å². The molecule has 0 unspecified atom stereocenters. The summed E-state index contributed by atoms with van der Waals surface area (Å²) in [4.78, 5) is 36.1. The molecule has 2 heterocycles. The normalized spacial score (nSPS) is 19.0. The molecule has 0 radical (unpaired) electrons. The minimum absolute atomic E-state index is 0.0515. The molecule has 3 atom stereocenters. The number of amides is 2. The number of aliphatic hydroxyl groups excluding tert-OH is 1. The van der Waals surface area contributed by atoms with Crippen molar-refractivity contribution in [2.75, 3.05) is 47.4 Å². The van der Waals surface area contributed by atoms with Gasteiger partial charge >= 0.3 is 0 Å². The third kappa shape index (κ3) is 6.18. The third-order valence-electron chi connectivity index (χ3n) is 6.47. The maximum Gasteiger partial charge on any atom is 0.259 e. The highest BCUT2D eigenvalue weighted by atomic mass is 16.5. The fourth-order valence-corrected chi connectivity index (χ4v) is 4.35. The van der Waals surface area contributed by atoms with Gasteiger partial charge < -0.3 is 24.5 Å². The molecular formula is C27H38N4O4. The summed E-state index contributed by atoms with van der Waals surface area (Å²) in [5.41, 5.74) is 2.43. The van der Waals surface area contributed by atoms with Crippen LogP contribution in [0.1, 0.15) is 47.9 Å². The molecule has 8 heteroatoms. The van der Waals surface area contributed by atoms with Crippen molar-refractivity contribution in [1.82, 2.24) is 19.7 Å². The second-order valence-electron chi connectivity index (χ2n) is 9.74. The maximum atomic E-state index is 13.6. The first-order valence-corrected chi connectivity index (χ1v) is 12.2. The fraction of sp³-hybridized carbons (Fsp3) is 0.519. The first-order chi connectivity index (χ1) is 16.7. The predicted octanol–water partition coefficient (Wildman–Crippen LogP) is 3.01. The monoisotopic (exact) mass is 482 g/mol. The number of aromatic nitrogens is 1. The highest BCUT2D eigenvalue weighted by Crippen LogP contribution is 2.30. The third-order valence-corrected chi connectivity index (χ3v) is 6.47. The second-order valence-corrected chi connectivity index (χ2v) is 9.74. The summed E-state index contributed by atoms with van der Waals surface area (Å²) in [7, 11) is 5.49. The molecule has 35 heavy (non-hydrogen) atoms. The molecule has 1 aromatic heterocycles. The van der Waals surface area contributed by atoms with Crippen LogP contribution < -0.4 is 4.74 Å². The van der Waals surface area contributed by atoms with Gasteiger partial charge in [-0.25, -0.2) is 4.98 Å². The van der Waals surface area contributed by atoms with Crippen LogP contribution in [0, 0.1) is 5.92 Å². The van der Waals surface area contributed by atoms with Crippen LogP contribution in [0.15, 0.2) is 36.5 Å². The summed E-state index contributed by atoms with van der Waals surface area (Å²) in [5, 5.41) is 9.86. The topological polar surface area (TPSA) is 86.2 Å². The number of pyridine rings is 1. The summed E-state index contributed by atoms with van der Waals surface area (Å²) in [6.07, 6.45) is 2.56. The number of hydrogen-bond donors (Lipinski definition) is 1.